The van der Waals surface area contributed by atoms with Crippen LogP contribution in [0.15, 0.2) is 60.7 Å². The Morgan fingerprint density at radius 1 is 1.06 bits per heavy atom. The maximum Gasteiger partial charge on any atom is 0.308 e. The zero-order valence-corrected chi connectivity index (χ0v) is 20.5. The maximum absolute atomic E-state index is 13.7. The normalized spacial score (nSPS) is 18.4. The van der Waals surface area contributed by atoms with Crippen molar-refractivity contribution in [2.45, 2.75) is 44.3 Å². The van der Waals surface area contributed by atoms with Crippen LogP contribution in [0.5, 0.6) is 11.5 Å². The van der Waals surface area contributed by atoms with Gasteiger partial charge >= 0.3 is 5.97 Å². The molecule has 1 heterocycles. The number of ether oxygens (including phenoxy) is 3. The van der Waals surface area contributed by atoms with Gasteiger partial charge in [-0.1, -0.05) is 23.7 Å². The molecule has 1 aliphatic heterocycles. The van der Waals surface area contributed by atoms with Crippen molar-refractivity contribution in [3.63, 3.8) is 0 Å². The van der Waals surface area contributed by atoms with Gasteiger partial charge in [0.1, 0.15) is 35.8 Å². The first-order chi connectivity index (χ1) is 17.3. The van der Waals surface area contributed by atoms with Gasteiger partial charge in [-0.05, 0) is 73.0 Å². The summed E-state index contributed by atoms with van der Waals surface area (Å²) in [6.07, 6.45) is -0.573. The Kier molecular flexibility index (Phi) is 8.44. The van der Waals surface area contributed by atoms with E-state index in [1.807, 2.05) is 6.92 Å². The Labute approximate surface area is 213 Å². The second-order valence-electron chi connectivity index (χ2n) is 8.85. The van der Waals surface area contributed by atoms with Crippen molar-refractivity contribution in [1.29, 1.82) is 0 Å². The lowest BCUT2D eigenvalue weighted by Gasteiger charge is -2.28. The van der Waals surface area contributed by atoms with Gasteiger partial charge in [-0.2, -0.15) is 0 Å². The summed E-state index contributed by atoms with van der Waals surface area (Å²) in [5, 5.41) is 10.4. The number of cyclic esters (lactones) is 1. The summed E-state index contributed by atoms with van der Waals surface area (Å²) in [6, 6.07) is 15.5. The molecule has 3 unspecified atom stereocenters. The van der Waals surface area contributed by atoms with Gasteiger partial charge in [-0.15, -0.1) is 0 Å². The molecule has 0 aromatic heterocycles. The van der Waals surface area contributed by atoms with Crippen LogP contribution in [-0.4, -0.2) is 36.5 Å². The van der Waals surface area contributed by atoms with Gasteiger partial charge in [0.25, 0.3) is 0 Å². The molecule has 1 N–H and O–H groups in total. The van der Waals surface area contributed by atoms with Crippen molar-refractivity contribution < 1.29 is 32.9 Å². The lowest BCUT2D eigenvalue weighted by Crippen LogP contribution is -2.36. The highest BCUT2D eigenvalue weighted by Crippen LogP contribution is 2.39. The predicted octanol–water partition coefficient (Wildman–Crippen LogP) is 5.97. The van der Waals surface area contributed by atoms with Crippen LogP contribution in [0.3, 0.4) is 0 Å². The summed E-state index contributed by atoms with van der Waals surface area (Å²) in [7, 11) is 0. The molecule has 4 rings (SSSR count). The van der Waals surface area contributed by atoms with Gasteiger partial charge in [0.15, 0.2) is 0 Å². The Bertz CT molecular complexity index is 1180. The predicted molar refractivity (Wildman–Crippen MR) is 132 cm³/mol. The van der Waals surface area contributed by atoms with Gasteiger partial charge in [-0.25, -0.2) is 8.78 Å². The zero-order valence-electron chi connectivity index (χ0n) is 19.8. The molecule has 0 radical (unpaired) electrons. The fourth-order valence-corrected chi connectivity index (χ4v) is 4.65. The molecule has 0 bridgehead atoms. The van der Waals surface area contributed by atoms with E-state index in [1.54, 1.807) is 36.4 Å². The standard InChI is InChI=1S/C28H27ClF2O5/c1-17-12-19(29)13-26(28(17)35-16-24-14-22(32)15-27(33)36-24)25(18-2-4-20(30)5-3-18)10-11-34-23-8-6-21(31)7-9-23/h2-9,12-13,22,24-25,32H,10-11,14-16H2,1H3. The number of benzene rings is 3. The third-order valence-corrected chi connectivity index (χ3v) is 6.27. The summed E-state index contributed by atoms with van der Waals surface area (Å²) in [5.74, 6) is -0.317. The second kappa shape index (κ2) is 11.7. The minimum absolute atomic E-state index is 0.0254. The molecule has 0 spiro atoms. The number of esters is 1. The van der Waals surface area contributed by atoms with Crippen molar-refractivity contribution in [3.8, 4) is 11.5 Å². The van der Waals surface area contributed by atoms with E-state index in [4.69, 9.17) is 25.8 Å². The molecular weight excluding hydrogens is 490 g/mol. The smallest absolute Gasteiger partial charge is 0.308 e. The van der Waals surface area contributed by atoms with Gasteiger partial charge in [0.2, 0.25) is 0 Å². The molecule has 1 aliphatic rings. The van der Waals surface area contributed by atoms with Crippen LogP contribution < -0.4 is 9.47 Å². The first-order valence-electron chi connectivity index (χ1n) is 11.7. The van der Waals surface area contributed by atoms with Gasteiger partial charge in [0, 0.05) is 22.9 Å². The fraction of sp³-hybridized carbons (Fsp3) is 0.321. The van der Waals surface area contributed by atoms with Crippen LogP contribution in [-0.2, 0) is 9.53 Å². The molecule has 3 atom stereocenters. The SMILES string of the molecule is Cc1cc(Cl)cc(C(CCOc2ccc(F)cc2)c2ccc(F)cc2)c1OCC1CC(O)CC(=O)O1. The van der Waals surface area contributed by atoms with Crippen molar-refractivity contribution in [3.05, 3.63) is 94.0 Å². The first-order valence-corrected chi connectivity index (χ1v) is 12.1. The number of rotatable bonds is 9. The first kappa shape index (κ1) is 25.9. The number of aliphatic hydroxyl groups excluding tert-OH is 1. The topological polar surface area (TPSA) is 65.0 Å². The van der Waals surface area contributed by atoms with Crippen LogP contribution in [0, 0.1) is 18.6 Å². The molecule has 3 aromatic rings. The van der Waals surface area contributed by atoms with E-state index in [2.05, 4.69) is 0 Å². The van der Waals surface area contributed by atoms with Crippen LogP contribution >= 0.6 is 11.6 Å². The number of halogens is 3. The quantitative estimate of drug-likeness (QED) is 0.355. The number of carbonyl (C=O) groups excluding carboxylic acids is 1. The van der Waals surface area contributed by atoms with E-state index >= 15 is 0 Å². The maximum atomic E-state index is 13.7. The van der Waals surface area contributed by atoms with Gasteiger partial charge < -0.3 is 19.3 Å². The van der Waals surface area contributed by atoms with Crippen molar-refractivity contribution in [1.82, 2.24) is 0 Å². The largest absolute Gasteiger partial charge is 0.494 e. The number of carbonyl (C=O) groups is 1. The van der Waals surface area contributed by atoms with E-state index in [0.29, 0.717) is 36.0 Å². The molecule has 0 aliphatic carbocycles. The molecule has 190 valence electrons. The Morgan fingerprint density at radius 3 is 2.39 bits per heavy atom. The van der Waals surface area contributed by atoms with Gasteiger partial charge in [-0.3, -0.25) is 4.79 Å². The van der Waals surface area contributed by atoms with E-state index in [9.17, 15) is 18.7 Å². The summed E-state index contributed by atoms with van der Waals surface area (Å²) < 4.78 is 44.2. The molecule has 8 heteroatoms. The number of hydrogen-bond acceptors (Lipinski definition) is 5. The third-order valence-electron chi connectivity index (χ3n) is 6.05. The monoisotopic (exact) mass is 516 g/mol. The molecule has 1 fully saturated rings. The van der Waals surface area contributed by atoms with Crippen molar-refractivity contribution >= 4 is 17.6 Å². The van der Waals surface area contributed by atoms with Crippen LogP contribution in [0.1, 0.15) is 41.9 Å². The van der Waals surface area contributed by atoms with E-state index in [-0.39, 0.29) is 30.6 Å². The molecule has 0 amide bonds. The van der Waals surface area contributed by atoms with Crippen LogP contribution in [0.2, 0.25) is 5.02 Å². The highest BCUT2D eigenvalue weighted by molar-refractivity contribution is 6.30. The average Bonchev–Trinajstić information content (AvgIpc) is 2.82. The lowest BCUT2D eigenvalue weighted by molar-refractivity contribution is -0.162. The fourth-order valence-electron chi connectivity index (χ4n) is 4.37. The molecule has 1 saturated heterocycles. The van der Waals surface area contributed by atoms with Crippen molar-refractivity contribution in [2.24, 2.45) is 0 Å². The summed E-state index contributed by atoms with van der Waals surface area (Å²) in [6.45, 7) is 2.23. The summed E-state index contributed by atoms with van der Waals surface area (Å²) in [4.78, 5) is 11.7. The molecule has 3 aromatic carbocycles. The number of aryl methyl sites for hydroxylation is 1. The lowest BCUT2D eigenvalue weighted by atomic mass is 9.87. The van der Waals surface area contributed by atoms with E-state index in [0.717, 1.165) is 16.7 Å². The Hall–Kier alpha value is -3.16. The number of aliphatic hydroxyl groups is 1. The van der Waals surface area contributed by atoms with Gasteiger partial charge in [0.05, 0.1) is 19.1 Å². The second-order valence-corrected chi connectivity index (χ2v) is 9.29. The third kappa shape index (κ3) is 6.74. The highest BCUT2D eigenvalue weighted by Gasteiger charge is 2.29. The zero-order chi connectivity index (χ0) is 25.7. The summed E-state index contributed by atoms with van der Waals surface area (Å²) >= 11 is 6.43. The van der Waals surface area contributed by atoms with E-state index in [1.165, 1.54) is 24.3 Å². The minimum Gasteiger partial charge on any atom is -0.494 e. The Balaban J connectivity index is 1.60. The number of hydrogen-bond donors (Lipinski definition) is 1. The minimum atomic E-state index is -0.763. The van der Waals surface area contributed by atoms with Crippen LogP contribution in [0.4, 0.5) is 8.78 Å². The summed E-state index contributed by atoms with van der Waals surface area (Å²) in [5.41, 5.74) is 2.40. The van der Waals surface area contributed by atoms with E-state index < -0.39 is 18.2 Å². The average molecular weight is 517 g/mol. The van der Waals surface area contributed by atoms with Crippen LogP contribution in [0.25, 0.3) is 0 Å². The molecular formula is C28H27ClF2O5. The molecule has 36 heavy (non-hydrogen) atoms. The van der Waals surface area contributed by atoms with Crippen molar-refractivity contribution in [2.75, 3.05) is 13.2 Å². The molecule has 0 saturated carbocycles. The highest BCUT2D eigenvalue weighted by atomic mass is 35.5. The molecule has 5 nitrogen and oxygen atoms in total. The Morgan fingerprint density at radius 2 is 1.72 bits per heavy atom.